The maximum atomic E-state index is 13.3. The minimum atomic E-state index is -0.532. The number of hydrogen-bond acceptors (Lipinski definition) is 6. The van der Waals surface area contributed by atoms with E-state index in [1.807, 2.05) is 32.7 Å². The lowest BCUT2D eigenvalue weighted by atomic mass is 9.86. The normalized spacial score (nSPS) is 19.8. The Labute approximate surface area is 170 Å². The van der Waals surface area contributed by atoms with E-state index in [0.29, 0.717) is 24.9 Å². The van der Waals surface area contributed by atoms with Gasteiger partial charge in [-0.2, -0.15) is 4.98 Å². The van der Waals surface area contributed by atoms with Crippen LogP contribution < -0.4 is 4.90 Å². The van der Waals surface area contributed by atoms with Crippen molar-refractivity contribution in [1.29, 1.82) is 0 Å². The average molecular weight is 391 g/mol. The van der Waals surface area contributed by atoms with Gasteiger partial charge in [0.2, 0.25) is 11.9 Å². The van der Waals surface area contributed by atoms with Crippen molar-refractivity contribution in [2.24, 2.45) is 0 Å². The SMILES string of the molecule is CCCCN(c1ncnc(C)n1)C(C)(C)CN1CC(C)(C)N(C)C(C)(C)C1=O. The molecule has 1 amide bonds. The number of likely N-dealkylation sites (N-methyl/N-ethyl adjacent to an activating group) is 1. The van der Waals surface area contributed by atoms with Crippen molar-refractivity contribution in [2.75, 3.05) is 31.6 Å². The molecule has 0 aliphatic carbocycles. The van der Waals surface area contributed by atoms with Gasteiger partial charge in [0.05, 0.1) is 11.1 Å². The Morgan fingerprint density at radius 2 is 1.86 bits per heavy atom. The lowest BCUT2D eigenvalue weighted by molar-refractivity contribution is -0.158. The smallest absolute Gasteiger partial charge is 0.242 e. The Hall–Kier alpha value is -1.76. The van der Waals surface area contributed by atoms with Gasteiger partial charge in [-0.1, -0.05) is 13.3 Å². The molecule has 1 aliphatic heterocycles. The molecule has 1 aliphatic rings. The fourth-order valence-electron chi connectivity index (χ4n) is 4.10. The summed E-state index contributed by atoms with van der Waals surface area (Å²) < 4.78 is 0. The highest BCUT2D eigenvalue weighted by Gasteiger charge is 2.49. The van der Waals surface area contributed by atoms with E-state index < -0.39 is 5.54 Å². The Kier molecular flexibility index (Phi) is 6.38. The summed E-state index contributed by atoms with van der Waals surface area (Å²) in [5, 5.41) is 0. The van der Waals surface area contributed by atoms with Crippen LogP contribution in [-0.2, 0) is 4.79 Å². The fraction of sp³-hybridized carbons (Fsp3) is 0.810. The number of carbonyl (C=O) groups is 1. The predicted octanol–water partition coefficient (Wildman–Crippen LogP) is 2.90. The number of carbonyl (C=O) groups excluding carboxylic acids is 1. The van der Waals surface area contributed by atoms with Crippen LogP contribution in [0.1, 0.15) is 67.1 Å². The van der Waals surface area contributed by atoms with E-state index >= 15 is 0 Å². The van der Waals surface area contributed by atoms with Crippen molar-refractivity contribution < 1.29 is 4.79 Å². The Bertz CT molecular complexity index is 700. The molecule has 0 aromatic carbocycles. The topological polar surface area (TPSA) is 65.5 Å². The van der Waals surface area contributed by atoms with E-state index in [2.05, 4.69) is 59.4 Å². The molecular weight excluding hydrogens is 352 g/mol. The summed E-state index contributed by atoms with van der Waals surface area (Å²) in [6, 6.07) is 0. The minimum Gasteiger partial charge on any atom is -0.337 e. The lowest BCUT2D eigenvalue weighted by Crippen LogP contribution is -2.71. The summed E-state index contributed by atoms with van der Waals surface area (Å²) in [5.74, 6) is 1.57. The number of rotatable bonds is 7. The zero-order valence-corrected chi connectivity index (χ0v) is 19.2. The highest BCUT2D eigenvalue weighted by atomic mass is 16.2. The van der Waals surface area contributed by atoms with Gasteiger partial charge >= 0.3 is 0 Å². The van der Waals surface area contributed by atoms with E-state index in [0.717, 1.165) is 19.4 Å². The van der Waals surface area contributed by atoms with Gasteiger partial charge in [0.25, 0.3) is 0 Å². The molecule has 0 bridgehead atoms. The molecule has 1 aromatic heterocycles. The maximum Gasteiger partial charge on any atom is 0.242 e. The molecule has 0 N–H and O–H groups in total. The molecule has 1 aromatic rings. The van der Waals surface area contributed by atoms with Crippen LogP contribution in [0.15, 0.2) is 6.33 Å². The molecular formula is C21H38N6O. The highest BCUT2D eigenvalue weighted by molar-refractivity contribution is 5.86. The predicted molar refractivity (Wildman–Crippen MR) is 113 cm³/mol. The van der Waals surface area contributed by atoms with Crippen LogP contribution >= 0.6 is 0 Å². The van der Waals surface area contributed by atoms with Gasteiger partial charge in [-0.3, -0.25) is 9.69 Å². The van der Waals surface area contributed by atoms with Gasteiger partial charge in [-0.25, -0.2) is 9.97 Å². The van der Waals surface area contributed by atoms with Crippen molar-refractivity contribution in [2.45, 2.75) is 84.8 Å². The van der Waals surface area contributed by atoms with Gasteiger partial charge < -0.3 is 9.80 Å². The van der Waals surface area contributed by atoms with Gasteiger partial charge in [-0.15, -0.1) is 0 Å². The molecule has 7 heteroatoms. The molecule has 158 valence electrons. The standard InChI is InChI=1S/C21H38N6O/c1-10-11-12-27(18-23-15-22-16(2)24-18)20(5,6)14-26-13-19(3,4)25(9)21(7,8)17(26)28/h15H,10-14H2,1-9H3. The summed E-state index contributed by atoms with van der Waals surface area (Å²) in [5.41, 5.74) is -0.929. The largest absolute Gasteiger partial charge is 0.337 e. The molecule has 0 atom stereocenters. The van der Waals surface area contributed by atoms with Crippen LogP contribution in [0.25, 0.3) is 0 Å². The minimum absolute atomic E-state index is 0.0918. The molecule has 1 fully saturated rings. The summed E-state index contributed by atoms with van der Waals surface area (Å²) in [7, 11) is 2.04. The third-order valence-electron chi connectivity index (χ3n) is 6.10. The van der Waals surface area contributed by atoms with Gasteiger partial charge in [0.15, 0.2) is 0 Å². The van der Waals surface area contributed by atoms with Crippen molar-refractivity contribution in [1.82, 2.24) is 24.8 Å². The number of nitrogens with zero attached hydrogens (tertiary/aromatic N) is 6. The highest BCUT2D eigenvalue weighted by Crippen LogP contribution is 2.33. The van der Waals surface area contributed by atoms with Crippen LogP contribution in [0.5, 0.6) is 0 Å². The van der Waals surface area contributed by atoms with Crippen LogP contribution in [0.3, 0.4) is 0 Å². The molecule has 0 unspecified atom stereocenters. The number of piperazine rings is 1. The molecule has 2 rings (SSSR count). The number of aryl methyl sites for hydroxylation is 1. The van der Waals surface area contributed by atoms with E-state index in [1.54, 1.807) is 6.33 Å². The number of hydrogen-bond donors (Lipinski definition) is 0. The molecule has 28 heavy (non-hydrogen) atoms. The Morgan fingerprint density at radius 1 is 1.21 bits per heavy atom. The van der Waals surface area contributed by atoms with Crippen LogP contribution in [0.4, 0.5) is 5.95 Å². The fourth-order valence-corrected chi connectivity index (χ4v) is 4.10. The van der Waals surface area contributed by atoms with E-state index in [9.17, 15) is 4.79 Å². The third-order valence-corrected chi connectivity index (χ3v) is 6.10. The lowest BCUT2D eigenvalue weighted by Gasteiger charge is -2.55. The van der Waals surface area contributed by atoms with E-state index in [4.69, 9.17) is 0 Å². The average Bonchev–Trinajstić information content (AvgIpc) is 2.58. The summed E-state index contributed by atoms with van der Waals surface area (Å²) in [4.78, 5) is 32.9. The Balaban J connectivity index is 2.33. The van der Waals surface area contributed by atoms with Crippen molar-refractivity contribution in [3.63, 3.8) is 0 Å². The van der Waals surface area contributed by atoms with Crippen LogP contribution in [0, 0.1) is 6.92 Å². The van der Waals surface area contributed by atoms with Crippen molar-refractivity contribution in [3.8, 4) is 0 Å². The third kappa shape index (κ3) is 4.45. The first-order valence-corrected chi connectivity index (χ1v) is 10.3. The van der Waals surface area contributed by atoms with Crippen LogP contribution in [0.2, 0.25) is 0 Å². The second kappa shape index (κ2) is 7.93. The Morgan fingerprint density at radius 3 is 2.43 bits per heavy atom. The van der Waals surface area contributed by atoms with Crippen LogP contribution in [-0.4, -0.2) is 74.0 Å². The first-order chi connectivity index (χ1) is 12.8. The van der Waals surface area contributed by atoms with Gasteiger partial charge in [0, 0.05) is 25.2 Å². The second-order valence-electron chi connectivity index (χ2n) is 9.74. The molecule has 7 nitrogen and oxygen atoms in total. The monoisotopic (exact) mass is 390 g/mol. The first-order valence-electron chi connectivity index (χ1n) is 10.3. The van der Waals surface area contributed by atoms with Crippen molar-refractivity contribution in [3.05, 3.63) is 12.2 Å². The number of amides is 1. The van der Waals surface area contributed by atoms with Gasteiger partial charge in [0.1, 0.15) is 12.2 Å². The molecule has 0 saturated carbocycles. The summed E-state index contributed by atoms with van der Waals surface area (Å²) in [6.07, 6.45) is 3.70. The molecule has 2 heterocycles. The summed E-state index contributed by atoms with van der Waals surface area (Å²) in [6.45, 7) is 19.0. The van der Waals surface area contributed by atoms with Crippen molar-refractivity contribution >= 4 is 11.9 Å². The van der Waals surface area contributed by atoms with Gasteiger partial charge in [-0.05, 0) is 61.9 Å². The van der Waals surface area contributed by atoms with E-state index in [1.165, 1.54) is 0 Å². The molecule has 0 radical (unpaired) electrons. The first kappa shape index (κ1) is 22.5. The maximum absolute atomic E-state index is 13.3. The zero-order valence-electron chi connectivity index (χ0n) is 19.2. The summed E-state index contributed by atoms with van der Waals surface area (Å²) >= 11 is 0. The number of anilines is 1. The second-order valence-corrected chi connectivity index (χ2v) is 9.74. The molecule has 0 spiro atoms. The zero-order chi connectivity index (χ0) is 21.3. The quantitative estimate of drug-likeness (QED) is 0.713. The molecule has 1 saturated heterocycles. The number of unbranched alkanes of at least 4 members (excludes halogenated alkanes) is 1. The number of aromatic nitrogens is 3. The van der Waals surface area contributed by atoms with E-state index in [-0.39, 0.29) is 17.0 Å².